The second-order valence-corrected chi connectivity index (χ2v) is 5.28. The van der Waals surface area contributed by atoms with Gasteiger partial charge < -0.3 is 4.83 Å². The quantitative estimate of drug-likeness (QED) is 0.455. The Labute approximate surface area is 128 Å². The standard InChI is InChI=1S/C16H14N4S/c1-20-12-15(21-19-20)16(13-8-4-2-5-9-13)18-17-14-10-6-3-7-11-14/h2-12H,1H3/b16-15-,18-17?. The number of hydrogen-bond acceptors (Lipinski definition) is 3. The molecule has 21 heavy (non-hydrogen) atoms. The Morgan fingerprint density at radius 1 is 1.00 bits per heavy atom. The lowest BCUT2D eigenvalue weighted by Crippen LogP contribution is -1.91. The van der Waals surface area contributed by atoms with Crippen LogP contribution in [0.4, 0.5) is 5.69 Å². The topological polar surface area (TPSA) is 41.8 Å². The average Bonchev–Trinajstić information content (AvgIpc) is 2.96. The molecule has 0 aromatic heterocycles. The summed E-state index contributed by atoms with van der Waals surface area (Å²) < 4.78 is 1.78. The molecular weight excluding hydrogens is 280 g/mol. The van der Waals surface area contributed by atoms with Gasteiger partial charge >= 0.3 is 0 Å². The lowest BCUT2D eigenvalue weighted by atomic mass is 10.1. The van der Waals surface area contributed by atoms with E-state index in [4.69, 9.17) is 0 Å². The third-order valence-corrected chi connectivity index (χ3v) is 3.71. The molecule has 0 saturated carbocycles. The van der Waals surface area contributed by atoms with Crippen LogP contribution in [0.25, 0.3) is 10.5 Å². The van der Waals surface area contributed by atoms with Crippen molar-refractivity contribution in [2.75, 3.05) is 7.05 Å². The van der Waals surface area contributed by atoms with Gasteiger partial charge in [0.05, 0.1) is 10.6 Å². The second kappa shape index (κ2) is 6.37. The van der Waals surface area contributed by atoms with E-state index < -0.39 is 0 Å². The predicted octanol–water partition coefficient (Wildman–Crippen LogP) is 4.80. The van der Waals surface area contributed by atoms with Crippen molar-refractivity contribution >= 4 is 29.5 Å². The minimum absolute atomic E-state index is 0.831. The monoisotopic (exact) mass is 294 g/mol. The number of rotatable bonds is 3. The van der Waals surface area contributed by atoms with Crippen LogP contribution in [0, 0.1) is 0 Å². The van der Waals surface area contributed by atoms with Crippen molar-refractivity contribution in [2.45, 2.75) is 0 Å². The SMILES string of the molecule is C[N+]1=C/C(=C(/N=Nc2ccccc2)c2ccccc2)S[N-]1. The van der Waals surface area contributed by atoms with Crippen molar-refractivity contribution in [1.29, 1.82) is 0 Å². The molecule has 104 valence electrons. The Bertz CT molecular complexity index is 706. The fraction of sp³-hybridized carbons (Fsp3) is 0.0625. The lowest BCUT2D eigenvalue weighted by molar-refractivity contribution is -0.422. The van der Waals surface area contributed by atoms with E-state index >= 15 is 0 Å². The van der Waals surface area contributed by atoms with Gasteiger partial charge in [-0.1, -0.05) is 48.5 Å². The Balaban J connectivity index is 2.00. The van der Waals surface area contributed by atoms with Crippen molar-refractivity contribution in [3.8, 4) is 0 Å². The molecule has 0 saturated heterocycles. The maximum atomic E-state index is 4.45. The molecule has 3 rings (SSSR count). The molecule has 0 unspecified atom stereocenters. The van der Waals surface area contributed by atoms with E-state index in [0.29, 0.717) is 0 Å². The number of azo groups is 1. The summed E-state index contributed by atoms with van der Waals surface area (Å²) in [5, 5.41) is 8.77. The number of nitrogens with zero attached hydrogens (tertiary/aromatic N) is 4. The van der Waals surface area contributed by atoms with Crippen LogP contribution in [0.2, 0.25) is 0 Å². The molecule has 0 spiro atoms. The van der Waals surface area contributed by atoms with E-state index in [9.17, 15) is 0 Å². The molecule has 0 aliphatic carbocycles. The number of benzene rings is 2. The zero-order valence-corrected chi connectivity index (χ0v) is 12.4. The van der Waals surface area contributed by atoms with Crippen LogP contribution in [-0.4, -0.2) is 17.9 Å². The normalized spacial score (nSPS) is 16.7. The Morgan fingerprint density at radius 2 is 1.67 bits per heavy atom. The van der Waals surface area contributed by atoms with E-state index in [1.165, 1.54) is 11.9 Å². The number of allylic oxidation sites excluding steroid dienone is 1. The Kier molecular flexibility index (Phi) is 4.12. The van der Waals surface area contributed by atoms with Crippen molar-refractivity contribution in [3.63, 3.8) is 0 Å². The van der Waals surface area contributed by atoms with Crippen molar-refractivity contribution < 1.29 is 4.68 Å². The summed E-state index contributed by atoms with van der Waals surface area (Å²) in [6.07, 6.45) is 1.96. The molecule has 0 radical (unpaired) electrons. The smallest absolute Gasteiger partial charge is 0.174 e. The van der Waals surface area contributed by atoms with Gasteiger partial charge in [0.1, 0.15) is 12.7 Å². The molecular formula is C16H14N4S. The third kappa shape index (κ3) is 3.38. The molecule has 5 heteroatoms. The Hall–Kier alpha value is -2.40. The van der Waals surface area contributed by atoms with Crippen LogP contribution in [0.3, 0.4) is 0 Å². The first-order chi connectivity index (χ1) is 10.3. The Morgan fingerprint density at radius 3 is 2.29 bits per heavy atom. The van der Waals surface area contributed by atoms with Gasteiger partial charge in [-0.2, -0.15) is 17.1 Å². The molecule has 0 fully saturated rings. The number of hydrogen-bond donors (Lipinski definition) is 0. The summed E-state index contributed by atoms with van der Waals surface area (Å²) in [6, 6.07) is 19.7. The largest absolute Gasteiger partial charge is 0.378 e. The van der Waals surface area contributed by atoms with Gasteiger partial charge in [-0.3, -0.25) is 4.68 Å². The summed E-state index contributed by atoms with van der Waals surface area (Å²) in [7, 11) is 1.90. The maximum absolute atomic E-state index is 4.45. The zero-order chi connectivity index (χ0) is 14.5. The summed E-state index contributed by atoms with van der Waals surface area (Å²) in [6.45, 7) is 0. The van der Waals surface area contributed by atoms with Crippen LogP contribution in [0.15, 0.2) is 75.8 Å². The average molecular weight is 294 g/mol. The highest BCUT2D eigenvalue weighted by atomic mass is 32.2. The van der Waals surface area contributed by atoms with Crippen molar-refractivity contribution in [1.82, 2.24) is 0 Å². The summed E-state index contributed by atoms with van der Waals surface area (Å²) in [5.74, 6) is 0. The minimum Gasteiger partial charge on any atom is -0.378 e. The third-order valence-electron chi connectivity index (χ3n) is 2.87. The van der Waals surface area contributed by atoms with Gasteiger partial charge in [0, 0.05) is 5.56 Å². The zero-order valence-electron chi connectivity index (χ0n) is 11.5. The van der Waals surface area contributed by atoms with E-state index in [1.807, 2.05) is 73.9 Å². The minimum atomic E-state index is 0.831. The van der Waals surface area contributed by atoms with Crippen molar-refractivity contribution in [2.24, 2.45) is 10.2 Å². The highest BCUT2D eigenvalue weighted by molar-refractivity contribution is 8.06. The lowest BCUT2D eigenvalue weighted by Gasteiger charge is -2.05. The molecule has 0 atom stereocenters. The van der Waals surface area contributed by atoms with Crippen LogP contribution >= 0.6 is 11.9 Å². The maximum Gasteiger partial charge on any atom is 0.174 e. The van der Waals surface area contributed by atoms with Crippen LogP contribution in [0.1, 0.15) is 5.56 Å². The molecule has 0 bridgehead atoms. The van der Waals surface area contributed by atoms with Gasteiger partial charge in [0.25, 0.3) is 0 Å². The van der Waals surface area contributed by atoms with Gasteiger partial charge in [-0.15, -0.1) is 5.11 Å². The fourth-order valence-electron chi connectivity index (χ4n) is 1.88. The first kappa shape index (κ1) is 13.6. The van der Waals surface area contributed by atoms with E-state index in [1.54, 1.807) is 4.68 Å². The van der Waals surface area contributed by atoms with Gasteiger partial charge in [0.2, 0.25) is 0 Å². The van der Waals surface area contributed by atoms with E-state index in [-0.39, 0.29) is 0 Å². The van der Waals surface area contributed by atoms with Gasteiger partial charge in [-0.25, -0.2) is 0 Å². The summed E-state index contributed by atoms with van der Waals surface area (Å²) >= 11 is 1.41. The first-order valence-corrected chi connectivity index (χ1v) is 7.32. The van der Waals surface area contributed by atoms with Crippen LogP contribution in [-0.2, 0) is 0 Å². The predicted molar refractivity (Wildman–Crippen MR) is 87.5 cm³/mol. The molecule has 2 aromatic rings. The highest BCUT2D eigenvalue weighted by Gasteiger charge is 2.12. The molecule has 0 N–H and O–H groups in total. The van der Waals surface area contributed by atoms with Crippen LogP contribution in [0.5, 0.6) is 0 Å². The van der Waals surface area contributed by atoms with Gasteiger partial charge in [0.15, 0.2) is 6.21 Å². The molecule has 2 aromatic carbocycles. The molecule has 1 aliphatic rings. The summed E-state index contributed by atoms with van der Waals surface area (Å²) in [5.41, 5.74) is 2.69. The van der Waals surface area contributed by atoms with Crippen molar-refractivity contribution in [3.05, 3.63) is 76.0 Å². The van der Waals surface area contributed by atoms with Gasteiger partial charge in [-0.05, 0) is 12.1 Å². The first-order valence-electron chi connectivity index (χ1n) is 6.55. The fourth-order valence-corrected chi connectivity index (χ4v) is 2.59. The van der Waals surface area contributed by atoms with E-state index in [2.05, 4.69) is 15.1 Å². The van der Waals surface area contributed by atoms with E-state index in [0.717, 1.165) is 21.9 Å². The second-order valence-electron chi connectivity index (χ2n) is 4.49. The molecule has 4 nitrogen and oxygen atoms in total. The van der Waals surface area contributed by atoms with Crippen LogP contribution < -0.4 is 0 Å². The molecule has 1 aliphatic heterocycles. The highest BCUT2D eigenvalue weighted by Crippen LogP contribution is 2.34. The molecule has 0 amide bonds. The summed E-state index contributed by atoms with van der Waals surface area (Å²) in [4.78, 5) is 5.24. The molecule has 1 heterocycles.